The van der Waals surface area contributed by atoms with E-state index in [4.69, 9.17) is 10.9 Å². The Bertz CT molecular complexity index is 708. The highest BCUT2D eigenvalue weighted by molar-refractivity contribution is 5.78. The molecule has 0 spiro atoms. The van der Waals surface area contributed by atoms with E-state index in [1.807, 2.05) is 0 Å². The lowest BCUT2D eigenvalue weighted by atomic mass is 9.86. The molecule has 1 aliphatic heterocycles. The van der Waals surface area contributed by atoms with E-state index < -0.39 is 24.0 Å². The summed E-state index contributed by atoms with van der Waals surface area (Å²) in [6.07, 6.45) is 2.54. The third-order valence-electron chi connectivity index (χ3n) is 5.00. The summed E-state index contributed by atoms with van der Waals surface area (Å²) in [5, 5.41) is 3.72. The van der Waals surface area contributed by atoms with Gasteiger partial charge in [-0.3, -0.25) is 9.69 Å². The van der Waals surface area contributed by atoms with Gasteiger partial charge >= 0.3 is 6.18 Å². The average Bonchev–Trinajstić information content (AvgIpc) is 3.11. The van der Waals surface area contributed by atoms with Crippen LogP contribution in [0.1, 0.15) is 43.3 Å². The number of likely N-dealkylation sites (N-methyl/N-ethyl adjacent to an activating group) is 1. The number of alkyl halides is 3. The van der Waals surface area contributed by atoms with Crippen LogP contribution in [-0.2, 0) is 10.2 Å². The maximum atomic E-state index is 13.9. The van der Waals surface area contributed by atoms with E-state index in [0.29, 0.717) is 18.8 Å². The van der Waals surface area contributed by atoms with Crippen molar-refractivity contribution in [2.75, 3.05) is 33.2 Å². The van der Waals surface area contributed by atoms with Crippen LogP contribution in [0.3, 0.4) is 0 Å². The second kappa shape index (κ2) is 6.91. The van der Waals surface area contributed by atoms with E-state index in [1.54, 1.807) is 11.9 Å². The van der Waals surface area contributed by atoms with Crippen molar-refractivity contribution in [2.45, 2.75) is 43.2 Å². The first-order valence-electron chi connectivity index (χ1n) is 8.57. The van der Waals surface area contributed by atoms with Crippen molar-refractivity contribution in [3.05, 3.63) is 11.7 Å². The molecule has 0 bridgehead atoms. The lowest BCUT2D eigenvalue weighted by Gasteiger charge is -2.28. The summed E-state index contributed by atoms with van der Waals surface area (Å²) < 4.78 is 46.7. The molecule has 2 aliphatic rings. The van der Waals surface area contributed by atoms with E-state index in [2.05, 4.69) is 16.1 Å². The number of hydrogen-bond acceptors (Lipinski definition) is 5. The fourth-order valence-electron chi connectivity index (χ4n) is 3.15. The summed E-state index contributed by atoms with van der Waals surface area (Å²) >= 11 is 0. The minimum Gasteiger partial charge on any atom is -0.340 e. The highest BCUT2D eigenvalue weighted by atomic mass is 19.4. The molecule has 142 valence electrons. The first-order chi connectivity index (χ1) is 12.3. The van der Waals surface area contributed by atoms with E-state index in [9.17, 15) is 18.0 Å². The zero-order chi connectivity index (χ0) is 18.9. The summed E-state index contributed by atoms with van der Waals surface area (Å²) in [4.78, 5) is 19.3. The summed E-state index contributed by atoms with van der Waals surface area (Å²) in [7, 11) is 1.71. The maximum Gasteiger partial charge on any atom is 0.405 e. The van der Waals surface area contributed by atoms with E-state index >= 15 is 0 Å². The third kappa shape index (κ3) is 3.56. The number of terminal acetylenes is 1. The van der Waals surface area contributed by atoms with Crippen LogP contribution >= 0.6 is 0 Å². The monoisotopic (exact) mass is 370 g/mol. The Kier molecular flexibility index (Phi) is 4.97. The largest absolute Gasteiger partial charge is 0.405 e. The van der Waals surface area contributed by atoms with E-state index in [1.165, 1.54) is 4.90 Å². The second-order valence-electron chi connectivity index (χ2n) is 7.07. The van der Waals surface area contributed by atoms with E-state index in [-0.39, 0.29) is 31.3 Å². The molecule has 1 aromatic heterocycles. The molecular weight excluding hydrogens is 349 g/mol. The quantitative estimate of drug-likeness (QED) is 0.716. The van der Waals surface area contributed by atoms with Crippen LogP contribution < -0.4 is 0 Å². The van der Waals surface area contributed by atoms with Gasteiger partial charge in [-0.25, -0.2) is 0 Å². The van der Waals surface area contributed by atoms with Crippen molar-refractivity contribution in [2.24, 2.45) is 0 Å². The number of rotatable bonds is 6. The minimum atomic E-state index is -4.58. The van der Waals surface area contributed by atoms with Gasteiger partial charge in [-0.1, -0.05) is 5.16 Å². The van der Waals surface area contributed by atoms with Gasteiger partial charge in [0, 0.05) is 32.0 Å². The Morgan fingerprint density at radius 2 is 2.23 bits per heavy atom. The molecule has 1 atom stereocenters. The molecule has 1 saturated heterocycles. The first-order valence-corrected chi connectivity index (χ1v) is 8.57. The van der Waals surface area contributed by atoms with Crippen LogP contribution in [0.2, 0.25) is 0 Å². The van der Waals surface area contributed by atoms with Gasteiger partial charge in [0.2, 0.25) is 11.8 Å². The first kappa shape index (κ1) is 18.7. The Balaban J connectivity index is 1.74. The number of halogens is 3. The van der Waals surface area contributed by atoms with Crippen LogP contribution in [0, 0.1) is 12.3 Å². The average molecular weight is 370 g/mol. The molecule has 2 fully saturated rings. The van der Waals surface area contributed by atoms with Gasteiger partial charge in [-0.15, -0.1) is 12.3 Å². The highest BCUT2D eigenvalue weighted by Crippen LogP contribution is 2.48. The van der Waals surface area contributed by atoms with Crippen LogP contribution in [0.5, 0.6) is 0 Å². The van der Waals surface area contributed by atoms with Gasteiger partial charge in [-0.05, 0) is 26.3 Å². The fourth-order valence-corrected chi connectivity index (χ4v) is 3.15. The SMILES string of the molecule is C#CCCN(C)CC(=O)N1CCC(c2nc(C3CC3)no2)(C(F)(F)F)C1. The number of likely N-dealkylation sites (tertiary alicyclic amines) is 1. The predicted octanol–water partition coefficient (Wildman–Crippen LogP) is 1.93. The van der Waals surface area contributed by atoms with Crippen LogP contribution in [-0.4, -0.2) is 65.3 Å². The molecule has 0 N–H and O–H groups in total. The summed E-state index contributed by atoms with van der Waals surface area (Å²) in [5.74, 6) is 2.11. The van der Waals surface area contributed by atoms with Gasteiger partial charge in [0.1, 0.15) is 0 Å². The molecule has 6 nitrogen and oxygen atoms in total. The summed E-state index contributed by atoms with van der Waals surface area (Å²) in [6, 6.07) is 0. The van der Waals surface area contributed by atoms with Gasteiger partial charge in [-0.2, -0.15) is 18.2 Å². The number of nitrogens with zero attached hydrogens (tertiary/aromatic N) is 4. The molecule has 0 aromatic carbocycles. The zero-order valence-corrected chi connectivity index (χ0v) is 14.6. The zero-order valence-electron chi connectivity index (χ0n) is 14.6. The Labute approximate surface area is 149 Å². The van der Waals surface area contributed by atoms with Gasteiger partial charge in [0.25, 0.3) is 0 Å². The molecule has 1 aliphatic carbocycles. The highest BCUT2D eigenvalue weighted by Gasteiger charge is 2.63. The molecule has 1 unspecified atom stereocenters. The van der Waals surface area contributed by atoms with Crippen molar-refractivity contribution in [3.8, 4) is 12.3 Å². The molecule has 1 saturated carbocycles. The molecule has 0 radical (unpaired) electrons. The summed E-state index contributed by atoms with van der Waals surface area (Å²) in [6.45, 7) is 0.0365. The van der Waals surface area contributed by atoms with Crippen molar-refractivity contribution in [3.63, 3.8) is 0 Å². The smallest absolute Gasteiger partial charge is 0.340 e. The van der Waals surface area contributed by atoms with Gasteiger partial charge < -0.3 is 9.42 Å². The molecule has 26 heavy (non-hydrogen) atoms. The molecule has 1 aromatic rings. The third-order valence-corrected chi connectivity index (χ3v) is 5.00. The molecule has 9 heteroatoms. The minimum absolute atomic E-state index is 0.00244. The van der Waals surface area contributed by atoms with Gasteiger partial charge in [0.05, 0.1) is 6.54 Å². The number of hydrogen-bond donors (Lipinski definition) is 0. The lowest BCUT2D eigenvalue weighted by Crippen LogP contribution is -2.47. The van der Waals surface area contributed by atoms with Crippen molar-refractivity contribution in [1.29, 1.82) is 0 Å². The van der Waals surface area contributed by atoms with Crippen molar-refractivity contribution >= 4 is 5.91 Å². The van der Waals surface area contributed by atoms with Crippen molar-refractivity contribution in [1.82, 2.24) is 19.9 Å². The topological polar surface area (TPSA) is 62.5 Å². The predicted molar refractivity (Wildman–Crippen MR) is 86.2 cm³/mol. The number of carbonyl (C=O) groups is 1. The molecule has 2 heterocycles. The number of aromatic nitrogens is 2. The Hall–Kier alpha value is -2.08. The van der Waals surface area contributed by atoms with E-state index in [0.717, 1.165) is 12.8 Å². The maximum absolute atomic E-state index is 13.9. The molecule has 1 amide bonds. The second-order valence-corrected chi connectivity index (χ2v) is 7.07. The molecular formula is C17H21F3N4O2. The van der Waals surface area contributed by atoms with Crippen LogP contribution in [0.4, 0.5) is 13.2 Å². The van der Waals surface area contributed by atoms with Crippen LogP contribution in [0.25, 0.3) is 0 Å². The Morgan fingerprint density at radius 1 is 1.50 bits per heavy atom. The summed E-state index contributed by atoms with van der Waals surface area (Å²) in [5.41, 5.74) is -2.29. The van der Waals surface area contributed by atoms with Gasteiger partial charge in [0.15, 0.2) is 11.2 Å². The number of carbonyl (C=O) groups excluding carboxylic acids is 1. The normalized spacial score (nSPS) is 23.5. The van der Waals surface area contributed by atoms with Crippen molar-refractivity contribution < 1.29 is 22.5 Å². The fraction of sp³-hybridized carbons (Fsp3) is 0.706. The van der Waals surface area contributed by atoms with Crippen LogP contribution in [0.15, 0.2) is 4.52 Å². The number of amides is 1. The standard InChI is InChI=1S/C17H21F3N4O2/c1-3-4-8-23(2)10-13(25)24-9-7-16(11-24,17(18,19)20)15-21-14(22-26-15)12-5-6-12/h1,12H,4-11H2,2H3. The Morgan fingerprint density at radius 3 is 2.85 bits per heavy atom. The lowest BCUT2D eigenvalue weighted by molar-refractivity contribution is -0.193. The molecule has 3 rings (SSSR count).